The average Bonchev–Trinajstić information content (AvgIpc) is 3.10. The SMILES string of the molecule is CCCC(NC)c1cccc(C2CC2)c1. The molecule has 0 amide bonds. The standard InChI is InChI=1S/C14H21N/c1-3-5-14(15-2)13-7-4-6-12(10-13)11-8-9-11/h4,6-7,10-11,14-15H,3,5,8-9H2,1-2H3. The van der Waals surface area contributed by atoms with E-state index in [0.29, 0.717) is 6.04 Å². The number of hydrogen-bond acceptors (Lipinski definition) is 1. The van der Waals surface area contributed by atoms with Crippen molar-refractivity contribution in [2.24, 2.45) is 0 Å². The zero-order valence-corrected chi connectivity index (χ0v) is 9.79. The highest BCUT2D eigenvalue weighted by Crippen LogP contribution is 2.40. The Labute approximate surface area is 92.9 Å². The summed E-state index contributed by atoms with van der Waals surface area (Å²) in [6, 6.07) is 9.67. The average molecular weight is 203 g/mol. The Kier molecular flexibility index (Phi) is 3.42. The third-order valence-electron chi connectivity index (χ3n) is 3.29. The largest absolute Gasteiger partial charge is 0.313 e. The molecule has 0 bridgehead atoms. The monoisotopic (exact) mass is 203 g/mol. The second kappa shape index (κ2) is 4.80. The summed E-state index contributed by atoms with van der Waals surface area (Å²) in [5.74, 6) is 0.865. The molecule has 2 rings (SSSR count). The maximum atomic E-state index is 3.41. The van der Waals surface area contributed by atoms with Gasteiger partial charge < -0.3 is 5.32 Å². The molecule has 82 valence electrons. The van der Waals surface area contributed by atoms with Crippen LogP contribution < -0.4 is 5.32 Å². The normalized spacial score (nSPS) is 17.7. The number of rotatable bonds is 5. The van der Waals surface area contributed by atoms with Crippen molar-refractivity contribution in [3.63, 3.8) is 0 Å². The highest BCUT2D eigenvalue weighted by molar-refractivity contribution is 5.30. The zero-order chi connectivity index (χ0) is 10.7. The van der Waals surface area contributed by atoms with Crippen LogP contribution in [0.4, 0.5) is 0 Å². The number of nitrogens with one attached hydrogen (secondary N) is 1. The van der Waals surface area contributed by atoms with Crippen LogP contribution in [0.25, 0.3) is 0 Å². The van der Waals surface area contributed by atoms with Gasteiger partial charge in [0.05, 0.1) is 0 Å². The fraction of sp³-hybridized carbons (Fsp3) is 0.571. The van der Waals surface area contributed by atoms with Crippen molar-refractivity contribution in [1.29, 1.82) is 0 Å². The van der Waals surface area contributed by atoms with Gasteiger partial charge in [0, 0.05) is 6.04 Å². The molecule has 1 heteroatoms. The van der Waals surface area contributed by atoms with E-state index in [1.165, 1.54) is 31.2 Å². The summed E-state index contributed by atoms with van der Waals surface area (Å²) in [6.07, 6.45) is 5.24. The molecule has 0 spiro atoms. The van der Waals surface area contributed by atoms with Crippen LogP contribution in [0.5, 0.6) is 0 Å². The van der Waals surface area contributed by atoms with Gasteiger partial charge in [0.2, 0.25) is 0 Å². The molecule has 15 heavy (non-hydrogen) atoms. The molecule has 1 fully saturated rings. The molecule has 1 nitrogen and oxygen atoms in total. The van der Waals surface area contributed by atoms with Crippen molar-refractivity contribution in [2.75, 3.05) is 7.05 Å². The summed E-state index contributed by atoms with van der Waals surface area (Å²) in [5.41, 5.74) is 3.01. The summed E-state index contributed by atoms with van der Waals surface area (Å²) in [6.45, 7) is 2.25. The molecule has 1 aliphatic carbocycles. The van der Waals surface area contributed by atoms with Gasteiger partial charge in [-0.3, -0.25) is 0 Å². The summed E-state index contributed by atoms with van der Waals surface area (Å²) in [5, 5.41) is 3.41. The van der Waals surface area contributed by atoms with Crippen LogP contribution in [0.3, 0.4) is 0 Å². The minimum absolute atomic E-state index is 0.536. The first-order valence-electron chi connectivity index (χ1n) is 6.12. The van der Waals surface area contributed by atoms with E-state index < -0.39 is 0 Å². The molecule has 1 atom stereocenters. The van der Waals surface area contributed by atoms with Crippen LogP contribution in [0.1, 0.15) is 55.7 Å². The Morgan fingerprint density at radius 2 is 2.20 bits per heavy atom. The molecule has 1 saturated carbocycles. The van der Waals surface area contributed by atoms with Gasteiger partial charge in [-0.05, 0) is 43.4 Å². The predicted octanol–water partition coefficient (Wildman–Crippen LogP) is 3.62. The van der Waals surface area contributed by atoms with Crippen molar-refractivity contribution in [3.05, 3.63) is 35.4 Å². The minimum Gasteiger partial charge on any atom is -0.313 e. The van der Waals surface area contributed by atoms with E-state index in [2.05, 4.69) is 43.6 Å². The molecule has 0 saturated heterocycles. The van der Waals surface area contributed by atoms with Gasteiger partial charge >= 0.3 is 0 Å². The maximum absolute atomic E-state index is 3.41. The van der Waals surface area contributed by atoms with Crippen LogP contribution in [-0.2, 0) is 0 Å². The Bertz CT molecular complexity index is 315. The summed E-state index contributed by atoms with van der Waals surface area (Å²) in [7, 11) is 2.06. The van der Waals surface area contributed by atoms with Gasteiger partial charge in [-0.2, -0.15) is 0 Å². The summed E-state index contributed by atoms with van der Waals surface area (Å²) >= 11 is 0. The number of benzene rings is 1. The molecule has 1 aromatic carbocycles. The van der Waals surface area contributed by atoms with Gasteiger partial charge in [0.15, 0.2) is 0 Å². The fourth-order valence-electron chi connectivity index (χ4n) is 2.21. The van der Waals surface area contributed by atoms with E-state index in [9.17, 15) is 0 Å². The van der Waals surface area contributed by atoms with Crippen molar-refractivity contribution < 1.29 is 0 Å². The molecule has 1 aromatic rings. The van der Waals surface area contributed by atoms with E-state index in [1.807, 2.05) is 0 Å². The lowest BCUT2D eigenvalue weighted by Crippen LogP contribution is -2.16. The van der Waals surface area contributed by atoms with E-state index in [-0.39, 0.29) is 0 Å². The van der Waals surface area contributed by atoms with E-state index in [1.54, 1.807) is 5.56 Å². The summed E-state index contributed by atoms with van der Waals surface area (Å²) in [4.78, 5) is 0. The zero-order valence-electron chi connectivity index (χ0n) is 9.79. The first-order chi connectivity index (χ1) is 7.35. The van der Waals surface area contributed by atoms with Gasteiger partial charge in [-0.15, -0.1) is 0 Å². The first kappa shape index (κ1) is 10.7. The van der Waals surface area contributed by atoms with Gasteiger partial charge in [-0.1, -0.05) is 37.6 Å². The quantitative estimate of drug-likeness (QED) is 0.770. The lowest BCUT2D eigenvalue weighted by molar-refractivity contribution is 0.541. The van der Waals surface area contributed by atoms with E-state index >= 15 is 0 Å². The molecule has 0 aromatic heterocycles. The molecule has 0 aliphatic heterocycles. The fourth-order valence-corrected chi connectivity index (χ4v) is 2.21. The Balaban J connectivity index is 2.14. The van der Waals surface area contributed by atoms with Gasteiger partial charge in [0.1, 0.15) is 0 Å². The second-order valence-electron chi connectivity index (χ2n) is 4.57. The van der Waals surface area contributed by atoms with Crippen LogP contribution in [-0.4, -0.2) is 7.05 Å². The van der Waals surface area contributed by atoms with Crippen molar-refractivity contribution >= 4 is 0 Å². The predicted molar refractivity (Wildman–Crippen MR) is 65.1 cm³/mol. The number of hydrogen-bond donors (Lipinski definition) is 1. The molecule has 1 N–H and O–H groups in total. The molecule has 1 unspecified atom stereocenters. The summed E-state index contributed by atoms with van der Waals surface area (Å²) < 4.78 is 0. The molecule has 1 aliphatic rings. The van der Waals surface area contributed by atoms with Crippen molar-refractivity contribution in [1.82, 2.24) is 5.32 Å². The lowest BCUT2D eigenvalue weighted by Gasteiger charge is -2.16. The van der Waals surface area contributed by atoms with Crippen LogP contribution in [0.2, 0.25) is 0 Å². The van der Waals surface area contributed by atoms with E-state index in [4.69, 9.17) is 0 Å². The van der Waals surface area contributed by atoms with Crippen molar-refractivity contribution in [3.8, 4) is 0 Å². The van der Waals surface area contributed by atoms with Crippen molar-refractivity contribution in [2.45, 2.75) is 44.6 Å². The van der Waals surface area contributed by atoms with Gasteiger partial charge in [-0.25, -0.2) is 0 Å². The third kappa shape index (κ3) is 2.60. The van der Waals surface area contributed by atoms with Crippen LogP contribution >= 0.6 is 0 Å². The highest BCUT2D eigenvalue weighted by atomic mass is 14.9. The second-order valence-corrected chi connectivity index (χ2v) is 4.57. The van der Waals surface area contributed by atoms with E-state index in [0.717, 1.165) is 5.92 Å². The molecule has 0 heterocycles. The lowest BCUT2D eigenvalue weighted by atomic mass is 9.99. The Hall–Kier alpha value is -0.820. The van der Waals surface area contributed by atoms with Crippen LogP contribution in [0, 0.1) is 0 Å². The Morgan fingerprint density at radius 3 is 2.80 bits per heavy atom. The maximum Gasteiger partial charge on any atom is 0.0317 e. The smallest absolute Gasteiger partial charge is 0.0317 e. The molecular weight excluding hydrogens is 182 g/mol. The highest BCUT2D eigenvalue weighted by Gasteiger charge is 2.23. The topological polar surface area (TPSA) is 12.0 Å². The third-order valence-corrected chi connectivity index (χ3v) is 3.29. The minimum atomic E-state index is 0.536. The first-order valence-corrected chi connectivity index (χ1v) is 6.12. The molecular formula is C14H21N. The molecule has 0 radical (unpaired) electrons. The van der Waals surface area contributed by atoms with Gasteiger partial charge in [0.25, 0.3) is 0 Å². The van der Waals surface area contributed by atoms with Crippen LogP contribution in [0.15, 0.2) is 24.3 Å². The Morgan fingerprint density at radius 1 is 1.40 bits per heavy atom.